The van der Waals surface area contributed by atoms with Crippen LogP contribution in [-0.4, -0.2) is 0 Å². The zero-order valence-corrected chi connectivity index (χ0v) is 11.5. The van der Waals surface area contributed by atoms with Crippen molar-refractivity contribution in [2.24, 2.45) is 11.7 Å². The predicted molar refractivity (Wildman–Crippen MR) is 71.6 cm³/mol. The molecule has 90 valence electrons. The average molecular weight is 219 g/mol. The van der Waals surface area contributed by atoms with Crippen LogP contribution in [0.3, 0.4) is 0 Å². The van der Waals surface area contributed by atoms with Crippen LogP contribution in [0, 0.1) is 12.8 Å². The normalized spacial score (nSPS) is 14.2. The van der Waals surface area contributed by atoms with Gasteiger partial charge in [0.05, 0.1) is 0 Å². The molecule has 0 saturated heterocycles. The van der Waals surface area contributed by atoms with E-state index in [1.165, 1.54) is 16.7 Å². The van der Waals surface area contributed by atoms with Crippen molar-refractivity contribution in [1.29, 1.82) is 0 Å². The van der Waals surface area contributed by atoms with Gasteiger partial charge in [0, 0.05) is 6.04 Å². The smallest absolute Gasteiger partial charge is 0.0320 e. The first-order chi connectivity index (χ1) is 7.23. The molecule has 1 rings (SSSR count). The van der Waals surface area contributed by atoms with Gasteiger partial charge in [0.2, 0.25) is 0 Å². The van der Waals surface area contributed by atoms with Gasteiger partial charge in [0.25, 0.3) is 0 Å². The Bertz CT molecular complexity index is 358. The Labute approximate surface area is 100 Å². The van der Waals surface area contributed by atoms with Crippen molar-refractivity contribution in [3.05, 3.63) is 34.9 Å². The van der Waals surface area contributed by atoms with Gasteiger partial charge in [-0.1, -0.05) is 52.8 Å². The van der Waals surface area contributed by atoms with Crippen molar-refractivity contribution < 1.29 is 0 Å². The zero-order valence-electron chi connectivity index (χ0n) is 11.5. The summed E-state index contributed by atoms with van der Waals surface area (Å²) >= 11 is 0. The summed E-state index contributed by atoms with van der Waals surface area (Å²) in [5.41, 5.74) is 10.4. The van der Waals surface area contributed by atoms with E-state index in [0.29, 0.717) is 5.92 Å². The van der Waals surface area contributed by atoms with Gasteiger partial charge in [0.1, 0.15) is 0 Å². The number of hydrogen-bond acceptors (Lipinski definition) is 1. The van der Waals surface area contributed by atoms with Crippen LogP contribution in [0.4, 0.5) is 0 Å². The highest BCUT2D eigenvalue weighted by Crippen LogP contribution is 2.28. The maximum Gasteiger partial charge on any atom is 0.0320 e. The van der Waals surface area contributed by atoms with Gasteiger partial charge in [0.15, 0.2) is 0 Å². The van der Waals surface area contributed by atoms with E-state index in [0.717, 1.165) is 0 Å². The minimum absolute atomic E-state index is 0.147. The van der Waals surface area contributed by atoms with Crippen LogP contribution in [0.15, 0.2) is 18.2 Å². The molecule has 0 spiro atoms. The quantitative estimate of drug-likeness (QED) is 0.801. The Hall–Kier alpha value is -0.820. The lowest BCUT2D eigenvalue weighted by Crippen LogP contribution is -2.19. The SMILES string of the molecule is Cc1cc(C(C)(C)C)ccc1C(N)C(C)C. The molecule has 2 N–H and O–H groups in total. The molecule has 0 heterocycles. The highest BCUT2D eigenvalue weighted by Gasteiger charge is 2.17. The van der Waals surface area contributed by atoms with E-state index >= 15 is 0 Å². The van der Waals surface area contributed by atoms with E-state index in [1.54, 1.807) is 0 Å². The zero-order chi connectivity index (χ0) is 12.5. The Morgan fingerprint density at radius 1 is 1.12 bits per heavy atom. The minimum atomic E-state index is 0.147. The Kier molecular flexibility index (Phi) is 3.80. The third-order valence-electron chi connectivity index (χ3n) is 3.21. The lowest BCUT2D eigenvalue weighted by atomic mass is 9.83. The Morgan fingerprint density at radius 2 is 1.69 bits per heavy atom. The fourth-order valence-electron chi connectivity index (χ4n) is 1.88. The fourth-order valence-corrected chi connectivity index (χ4v) is 1.88. The maximum atomic E-state index is 6.20. The summed E-state index contributed by atoms with van der Waals surface area (Å²) in [7, 11) is 0. The lowest BCUT2D eigenvalue weighted by Gasteiger charge is -2.23. The fraction of sp³-hybridized carbons (Fsp3) is 0.600. The van der Waals surface area contributed by atoms with E-state index in [4.69, 9.17) is 5.73 Å². The first kappa shape index (κ1) is 13.2. The molecule has 0 aliphatic heterocycles. The highest BCUT2D eigenvalue weighted by molar-refractivity contribution is 5.36. The topological polar surface area (TPSA) is 26.0 Å². The lowest BCUT2D eigenvalue weighted by molar-refractivity contribution is 0.511. The van der Waals surface area contributed by atoms with Crippen molar-refractivity contribution in [2.45, 2.75) is 53.0 Å². The van der Waals surface area contributed by atoms with Gasteiger partial charge >= 0.3 is 0 Å². The second-order valence-corrected chi connectivity index (χ2v) is 6.09. The second-order valence-electron chi connectivity index (χ2n) is 6.09. The summed E-state index contributed by atoms with van der Waals surface area (Å²) in [6, 6.07) is 6.83. The summed E-state index contributed by atoms with van der Waals surface area (Å²) in [5, 5.41) is 0. The van der Waals surface area contributed by atoms with Crippen LogP contribution in [0.5, 0.6) is 0 Å². The van der Waals surface area contributed by atoms with Gasteiger partial charge in [-0.05, 0) is 34.9 Å². The van der Waals surface area contributed by atoms with Gasteiger partial charge in [-0.2, -0.15) is 0 Å². The number of nitrogens with two attached hydrogens (primary N) is 1. The molecule has 0 saturated carbocycles. The van der Waals surface area contributed by atoms with E-state index in [2.05, 4.69) is 59.7 Å². The summed E-state index contributed by atoms with van der Waals surface area (Å²) in [6.45, 7) is 13.2. The van der Waals surface area contributed by atoms with Gasteiger partial charge in [-0.15, -0.1) is 0 Å². The van der Waals surface area contributed by atoms with E-state index in [-0.39, 0.29) is 11.5 Å². The standard InChI is InChI=1S/C15H25N/c1-10(2)14(16)13-8-7-12(9-11(13)3)15(4,5)6/h7-10,14H,16H2,1-6H3. The van der Waals surface area contributed by atoms with Crippen LogP contribution >= 0.6 is 0 Å². The van der Waals surface area contributed by atoms with E-state index in [9.17, 15) is 0 Å². The second kappa shape index (κ2) is 4.58. The number of hydrogen-bond donors (Lipinski definition) is 1. The molecular formula is C15H25N. The molecule has 0 amide bonds. The summed E-state index contributed by atoms with van der Waals surface area (Å²) in [5.74, 6) is 0.485. The molecular weight excluding hydrogens is 194 g/mol. The molecule has 0 aliphatic carbocycles. The van der Waals surface area contributed by atoms with Gasteiger partial charge in [-0.25, -0.2) is 0 Å². The molecule has 0 radical (unpaired) electrons. The van der Waals surface area contributed by atoms with Gasteiger partial charge < -0.3 is 5.73 Å². The van der Waals surface area contributed by atoms with Crippen LogP contribution in [0.1, 0.15) is 57.4 Å². The molecule has 1 aromatic carbocycles. The van der Waals surface area contributed by atoms with Crippen LogP contribution < -0.4 is 5.73 Å². The first-order valence-corrected chi connectivity index (χ1v) is 6.10. The van der Waals surface area contributed by atoms with E-state index < -0.39 is 0 Å². The van der Waals surface area contributed by atoms with Crippen molar-refractivity contribution in [2.75, 3.05) is 0 Å². The summed E-state index contributed by atoms with van der Waals surface area (Å²) in [4.78, 5) is 0. The molecule has 0 aromatic heterocycles. The van der Waals surface area contributed by atoms with E-state index in [1.807, 2.05) is 0 Å². The number of aryl methyl sites for hydroxylation is 1. The Morgan fingerprint density at radius 3 is 2.06 bits per heavy atom. The molecule has 1 nitrogen and oxygen atoms in total. The molecule has 0 fully saturated rings. The molecule has 1 unspecified atom stereocenters. The van der Waals surface area contributed by atoms with Crippen LogP contribution in [0.25, 0.3) is 0 Å². The molecule has 1 atom stereocenters. The maximum absolute atomic E-state index is 6.20. The minimum Gasteiger partial charge on any atom is -0.324 e. The average Bonchev–Trinajstić information content (AvgIpc) is 2.15. The number of benzene rings is 1. The third-order valence-corrected chi connectivity index (χ3v) is 3.21. The number of rotatable bonds is 2. The molecule has 16 heavy (non-hydrogen) atoms. The van der Waals surface area contributed by atoms with Gasteiger partial charge in [-0.3, -0.25) is 0 Å². The molecule has 1 aromatic rings. The van der Waals surface area contributed by atoms with Crippen molar-refractivity contribution >= 4 is 0 Å². The first-order valence-electron chi connectivity index (χ1n) is 6.10. The molecule has 0 bridgehead atoms. The predicted octanol–water partition coefficient (Wildman–Crippen LogP) is 3.95. The third kappa shape index (κ3) is 2.85. The summed E-state index contributed by atoms with van der Waals surface area (Å²) < 4.78 is 0. The molecule has 0 aliphatic rings. The monoisotopic (exact) mass is 219 g/mol. The largest absolute Gasteiger partial charge is 0.324 e. The summed E-state index contributed by atoms with van der Waals surface area (Å²) in [6.07, 6.45) is 0. The Balaban J connectivity index is 3.10. The molecule has 1 heteroatoms. The van der Waals surface area contributed by atoms with Crippen LogP contribution in [-0.2, 0) is 5.41 Å². The van der Waals surface area contributed by atoms with Crippen LogP contribution in [0.2, 0.25) is 0 Å². The van der Waals surface area contributed by atoms with Crippen molar-refractivity contribution in [3.8, 4) is 0 Å². The van der Waals surface area contributed by atoms with Crippen molar-refractivity contribution in [3.63, 3.8) is 0 Å². The van der Waals surface area contributed by atoms with Crippen molar-refractivity contribution in [1.82, 2.24) is 0 Å². The highest BCUT2D eigenvalue weighted by atomic mass is 14.6.